The molecular formula is C29H32Cl2N2O. The Labute approximate surface area is 214 Å². The van der Waals surface area contributed by atoms with E-state index in [0.717, 1.165) is 60.7 Å². The highest BCUT2D eigenvalue weighted by Crippen LogP contribution is 2.48. The van der Waals surface area contributed by atoms with Gasteiger partial charge in [-0.05, 0) is 86.6 Å². The Morgan fingerprint density at radius 1 is 0.941 bits per heavy atom. The number of hydrogen-bond acceptors (Lipinski definition) is 2. The third-order valence-electron chi connectivity index (χ3n) is 7.56. The topological polar surface area (TPSA) is 23.6 Å². The second kappa shape index (κ2) is 10.5. The van der Waals surface area contributed by atoms with E-state index in [2.05, 4.69) is 72.5 Å². The number of hydrogen-bond donors (Lipinski definition) is 0. The molecule has 178 valence electrons. The van der Waals surface area contributed by atoms with Crippen LogP contribution in [0.5, 0.6) is 0 Å². The van der Waals surface area contributed by atoms with E-state index in [4.69, 9.17) is 11.6 Å². The van der Waals surface area contributed by atoms with Gasteiger partial charge in [-0.3, -0.25) is 4.79 Å². The number of halogens is 2. The van der Waals surface area contributed by atoms with Gasteiger partial charge < -0.3 is 9.80 Å². The van der Waals surface area contributed by atoms with E-state index in [1.807, 2.05) is 23.1 Å². The first kappa shape index (κ1) is 24.8. The van der Waals surface area contributed by atoms with Gasteiger partial charge in [0.1, 0.15) is 5.41 Å². The summed E-state index contributed by atoms with van der Waals surface area (Å²) >= 11 is 6.22. The highest BCUT2D eigenvalue weighted by atomic mass is 35.5. The maximum Gasteiger partial charge on any atom is 0.242 e. The van der Waals surface area contributed by atoms with Gasteiger partial charge >= 0.3 is 0 Å². The van der Waals surface area contributed by atoms with Crippen LogP contribution in [0.3, 0.4) is 0 Å². The molecule has 0 radical (unpaired) electrons. The molecule has 0 N–H and O–H groups in total. The molecule has 3 aromatic carbocycles. The second-order valence-electron chi connectivity index (χ2n) is 9.26. The Kier molecular flexibility index (Phi) is 7.67. The fraction of sp³-hybridized carbons (Fsp3) is 0.345. The van der Waals surface area contributed by atoms with Gasteiger partial charge in [0, 0.05) is 17.3 Å². The fourth-order valence-corrected chi connectivity index (χ4v) is 6.00. The van der Waals surface area contributed by atoms with Crippen LogP contribution >= 0.6 is 24.0 Å². The molecule has 0 aromatic heterocycles. The normalized spacial score (nSPS) is 20.8. The Bertz CT molecular complexity index is 1130. The number of carbonyl (C=O) groups excluding carboxylic acids is 1. The van der Waals surface area contributed by atoms with Crippen molar-refractivity contribution < 1.29 is 4.79 Å². The van der Waals surface area contributed by atoms with E-state index in [-0.39, 0.29) is 18.3 Å². The highest BCUT2D eigenvalue weighted by molar-refractivity contribution is 6.30. The summed E-state index contributed by atoms with van der Waals surface area (Å²) in [6, 6.07) is 27.0. The van der Waals surface area contributed by atoms with Gasteiger partial charge in [0.05, 0.1) is 0 Å². The minimum atomic E-state index is -0.613. The molecule has 1 saturated heterocycles. The van der Waals surface area contributed by atoms with Gasteiger partial charge in [0.15, 0.2) is 0 Å². The molecule has 2 aliphatic rings. The fourth-order valence-electron chi connectivity index (χ4n) is 5.80. The van der Waals surface area contributed by atoms with Crippen LogP contribution in [0.25, 0.3) is 0 Å². The van der Waals surface area contributed by atoms with Crippen molar-refractivity contribution in [2.75, 3.05) is 31.1 Å². The third-order valence-corrected chi connectivity index (χ3v) is 7.79. The lowest BCUT2D eigenvalue weighted by atomic mass is 9.72. The Morgan fingerprint density at radius 2 is 1.65 bits per heavy atom. The standard InChI is InChI=1S/C29H31ClN2O.ClH/c1-2-32-27-14-7-6-13-26(27)29(28(32)33,24-10-4-3-5-11-24)17-20-31-18-15-22(16-19-31)23-9-8-12-25(30)21-23;/h3-14,21-22H,2,15-20H2,1H3;1H. The largest absolute Gasteiger partial charge is 0.311 e. The van der Waals surface area contributed by atoms with Crippen molar-refractivity contribution in [2.45, 2.75) is 37.5 Å². The number of benzene rings is 3. The Balaban J connectivity index is 0.00000274. The molecule has 0 bridgehead atoms. The predicted octanol–water partition coefficient (Wildman–Crippen LogP) is 6.68. The van der Waals surface area contributed by atoms with Crippen LogP contribution in [-0.4, -0.2) is 37.0 Å². The molecule has 3 aromatic rings. The van der Waals surface area contributed by atoms with Gasteiger partial charge in [0.25, 0.3) is 0 Å². The number of fused-ring (bicyclic) bond motifs is 1. The van der Waals surface area contributed by atoms with E-state index in [9.17, 15) is 4.79 Å². The van der Waals surface area contributed by atoms with Crippen LogP contribution < -0.4 is 4.90 Å². The average Bonchev–Trinajstić information content (AvgIpc) is 3.11. The molecule has 0 spiro atoms. The third kappa shape index (κ3) is 4.37. The average molecular weight is 495 g/mol. The van der Waals surface area contributed by atoms with Crippen molar-refractivity contribution in [1.29, 1.82) is 0 Å². The van der Waals surface area contributed by atoms with Crippen LogP contribution in [0.2, 0.25) is 5.02 Å². The second-order valence-corrected chi connectivity index (χ2v) is 9.70. The van der Waals surface area contributed by atoms with Gasteiger partial charge in [-0.25, -0.2) is 0 Å². The SMILES string of the molecule is CCN1C(=O)C(CCN2CCC(c3cccc(Cl)c3)CC2)(c2ccccc2)c2ccccc21.Cl. The Morgan fingerprint density at radius 3 is 2.35 bits per heavy atom. The van der Waals surface area contributed by atoms with Crippen molar-refractivity contribution in [2.24, 2.45) is 0 Å². The highest BCUT2D eigenvalue weighted by Gasteiger charge is 2.51. The van der Waals surface area contributed by atoms with E-state index >= 15 is 0 Å². The molecule has 1 atom stereocenters. The van der Waals surface area contributed by atoms with E-state index in [1.54, 1.807) is 0 Å². The summed E-state index contributed by atoms with van der Waals surface area (Å²) in [4.78, 5) is 18.5. The van der Waals surface area contributed by atoms with Crippen LogP contribution in [-0.2, 0) is 10.2 Å². The van der Waals surface area contributed by atoms with Gasteiger partial charge in [-0.15, -0.1) is 12.4 Å². The zero-order valence-corrected chi connectivity index (χ0v) is 21.2. The van der Waals surface area contributed by atoms with Crippen molar-refractivity contribution in [3.63, 3.8) is 0 Å². The van der Waals surface area contributed by atoms with Gasteiger partial charge in [-0.2, -0.15) is 0 Å². The maximum atomic E-state index is 14.0. The summed E-state index contributed by atoms with van der Waals surface area (Å²) in [5.41, 5.74) is 4.05. The number of para-hydroxylation sites is 1. The minimum Gasteiger partial charge on any atom is -0.311 e. The first-order valence-corrected chi connectivity index (χ1v) is 12.5. The lowest BCUT2D eigenvalue weighted by molar-refractivity contribution is -0.122. The zero-order valence-electron chi connectivity index (χ0n) is 19.6. The number of nitrogens with zero attached hydrogens (tertiary/aromatic N) is 2. The van der Waals surface area contributed by atoms with E-state index in [1.165, 1.54) is 5.56 Å². The molecule has 5 rings (SSSR count). The quantitative estimate of drug-likeness (QED) is 0.381. The van der Waals surface area contributed by atoms with E-state index < -0.39 is 5.41 Å². The molecule has 2 heterocycles. The summed E-state index contributed by atoms with van der Waals surface area (Å²) in [5.74, 6) is 0.777. The number of anilines is 1. The van der Waals surface area contributed by atoms with Crippen molar-refractivity contribution >= 4 is 35.6 Å². The number of carbonyl (C=O) groups is 1. The smallest absolute Gasteiger partial charge is 0.242 e. The summed E-state index contributed by atoms with van der Waals surface area (Å²) < 4.78 is 0. The molecule has 2 aliphatic heterocycles. The zero-order chi connectivity index (χ0) is 22.8. The predicted molar refractivity (Wildman–Crippen MR) is 143 cm³/mol. The number of likely N-dealkylation sites (N-methyl/N-ethyl adjacent to an activating group) is 1. The molecule has 34 heavy (non-hydrogen) atoms. The van der Waals surface area contributed by atoms with Crippen LogP contribution in [0.4, 0.5) is 5.69 Å². The molecule has 3 nitrogen and oxygen atoms in total. The monoisotopic (exact) mass is 494 g/mol. The molecule has 0 saturated carbocycles. The number of piperidine rings is 1. The summed E-state index contributed by atoms with van der Waals surface area (Å²) in [7, 11) is 0. The molecule has 1 amide bonds. The molecule has 0 aliphatic carbocycles. The van der Waals surface area contributed by atoms with Crippen LogP contribution in [0.15, 0.2) is 78.9 Å². The van der Waals surface area contributed by atoms with Gasteiger partial charge in [-0.1, -0.05) is 72.3 Å². The number of rotatable bonds is 6. The number of likely N-dealkylation sites (tertiary alicyclic amines) is 1. The lowest BCUT2D eigenvalue weighted by Crippen LogP contribution is -2.44. The number of amides is 1. The maximum absolute atomic E-state index is 14.0. The molecule has 5 heteroatoms. The summed E-state index contributed by atoms with van der Waals surface area (Å²) in [5, 5.41) is 0.818. The molecule has 1 fully saturated rings. The van der Waals surface area contributed by atoms with Crippen molar-refractivity contribution in [3.8, 4) is 0 Å². The van der Waals surface area contributed by atoms with Crippen LogP contribution in [0, 0.1) is 0 Å². The van der Waals surface area contributed by atoms with E-state index in [0.29, 0.717) is 12.5 Å². The van der Waals surface area contributed by atoms with Crippen LogP contribution in [0.1, 0.15) is 48.8 Å². The summed E-state index contributed by atoms with van der Waals surface area (Å²) in [6.45, 7) is 5.77. The minimum absolute atomic E-state index is 0. The Hall–Kier alpha value is -2.33. The lowest BCUT2D eigenvalue weighted by Gasteiger charge is -2.36. The first-order chi connectivity index (χ1) is 16.1. The molecule has 1 unspecified atom stereocenters. The molecular weight excluding hydrogens is 463 g/mol. The van der Waals surface area contributed by atoms with Gasteiger partial charge in [0.2, 0.25) is 5.91 Å². The van der Waals surface area contributed by atoms with Crippen molar-refractivity contribution in [1.82, 2.24) is 4.90 Å². The summed E-state index contributed by atoms with van der Waals surface area (Å²) in [6.07, 6.45) is 3.06. The van der Waals surface area contributed by atoms with Crippen molar-refractivity contribution in [3.05, 3.63) is 101 Å². The first-order valence-electron chi connectivity index (χ1n) is 12.1.